The Morgan fingerprint density at radius 2 is 1.76 bits per heavy atom. The number of methoxy groups -OCH3 is 2. The highest BCUT2D eigenvalue weighted by atomic mass is 79.9. The van der Waals surface area contributed by atoms with Gasteiger partial charge < -0.3 is 24.3 Å². The van der Waals surface area contributed by atoms with Gasteiger partial charge >= 0.3 is 12.1 Å². The summed E-state index contributed by atoms with van der Waals surface area (Å²) in [4.78, 5) is 23.3. The Labute approximate surface area is 156 Å². The van der Waals surface area contributed by atoms with Crippen molar-refractivity contribution in [2.45, 2.75) is 39.4 Å². The van der Waals surface area contributed by atoms with Gasteiger partial charge in [-0.3, -0.25) is 4.79 Å². The largest absolute Gasteiger partial charge is 0.496 e. The lowest BCUT2D eigenvalue weighted by Gasteiger charge is -2.19. The summed E-state index contributed by atoms with van der Waals surface area (Å²) in [5, 5.41) is 2.50. The molecule has 0 unspecified atom stereocenters. The number of benzene rings is 1. The molecule has 1 amide bonds. The minimum atomic E-state index is -0.582. The van der Waals surface area contributed by atoms with Gasteiger partial charge in [0.15, 0.2) is 0 Å². The van der Waals surface area contributed by atoms with Gasteiger partial charge in [-0.05, 0) is 48.8 Å². The molecule has 0 atom stereocenters. The number of alkyl carbamates (subject to hydrolysis) is 1. The lowest BCUT2D eigenvalue weighted by atomic mass is 10.2. The molecule has 0 heterocycles. The molecule has 1 N–H and O–H groups in total. The van der Waals surface area contributed by atoms with E-state index in [-0.39, 0.29) is 19.6 Å². The minimum Gasteiger partial charge on any atom is -0.496 e. The van der Waals surface area contributed by atoms with Crippen LogP contribution in [0, 0.1) is 0 Å². The van der Waals surface area contributed by atoms with Gasteiger partial charge in [-0.15, -0.1) is 0 Å². The van der Waals surface area contributed by atoms with Crippen molar-refractivity contribution in [2.75, 3.05) is 20.8 Å². The maximum Gasteiger partial charge on any atom is 0.407 e. The summed E-state index contributed by atoms with van der Waals surface area (Å²) in [5.41, 5.74) is 0.0953. The quantitative estimate of drug-likeness (QED) is 0.684. The minimum absolute atomic E-state index is 0.0369. The van der Waals surface area contributed by atoms with Crippen molar-refractivity contribution in [3.05, 3.63) is 22.2 Å². The molecule has 140 valence electrons. The highest BCUT2D eigenvalue weighted by molar-refractivity contribution is 9.10. The Hall–Kier alpha value is -1.96. The molecular formula is C17H24BrNO6. The number of halogens is 1. The van der Waals surface area contributed by atoms with Crippen LogP contribution in [0.2, 0.25) is 0 Å². The number of carbonyl (C=O) groups excluding carboxylic acids is 2. The number of amides is 1. The molecule has 8 heteroatoms. The fourth-order valence-corrected chi connectivity index (χ4v) is 2.33. The van der Waals surface area contributed by atoms with Crippen LogP contribution < -0.4 is 14.8 Å². The molecule has 0 spiro atoms. The van der Waals surface area contributed by atoms with Crippen LogP contribution in [0.4, 0.5) is 4.79 Å². The standard InChI is InChI=1S/C17H24BrNO6/c1-17(2,3)25-16(21)19-7-6-15(20)24-10-11-8-14(23-5)12(18)9-13(11)22-4/h8-9H,6-7,10H2,1-5H3,(H,19,21). The number of hydrogen-bond acceptors (Lipinski definition) is 6. The van der Waals surface area contributed by atoms with Gasteiger partial charge in [0.2, 0.25) is 0 Å². The predicted molar refractivity (Wildman–Crippen MR) is 95.9 cm³/mol. The monoisotopic (exact) mass is 417 g/mol. The number of ether oxygens (including phenoxy) is 4. The molecule has 0 aliphatic heterocycles. The molecule has 0 aliphatic rings. The number of esters is 1. The number of nitrogens with one attached hydrogen (secondary N) is 1. The third-order valence-corrected chi connectivity index (χ3v) is 3.56. The lowest BCUT2D eigenvalue weighted by Crippen LogP contribution is -2.33. The summed E-state index contributed by atoms with van der Waals surface area (Å²) >= 11 is 3.37. The zero-order valence-electron chi connectivity index (χ0n) is 15.1. The maximum atomic E-state index is 11.8. The molecule has 1 rings (SSSR count). The molecule has 0 radical (unpaired) electrons. The van der Waals surface area contributed by atoms with Gasteiger partial charge in [0.1, 0.15) is 23.7 Å². The number of hydrogen-bond donors (Lipinski definition) is 1. The van der Waals surface area contributed by atoms with Gasteiger partial charge in [0, 0.05) is 12.1 Å². The van der Waals surface area contributed by atoms with Crippen molar-refractivity contribution in [1.82, 2.24) is 5.32 Å². The van der Waals surface area contributed by atoms with Gasteiger partial charge in [-0.25, -0.2) is 4.79 Å². The summed E-state index contributed by atoms with van der Waals surface area (Å²) in [7, 11) is 3.08. The summed E-state index contributed by atoms with van der Waals surface area (Å²) in [6.45, 7) is 5.47. The van der Waals surface area contributed by atoms with E-state index in [0.717, 1.165) is 4.47 Å². The average Bonchev–Trinajstić information content (AvgIpc) is 2.51. The van der Waals surface area contributed by atoms with Crippen molar-refractivity contribution >= 4 is 28.0 Å². The summed E-state index contributed by atoms with van der Waals surface area (Å²) in [6.07, 6.45) is -0.533. The molecule has 0 saturated heterocycles. The first-order valence-electron chi connectivity index (χ1n) is 7.69. The van der Waals surface area contributed by atoms with Crippen LogP contribution in [0.15, 0.2) is 16.6 Å². The van der Waals surface area contributed by atoms with E-state index in [1.54, 1.807) is 40.0 Å². The molecule has 0 saturated carbocycles. The van der Waals surface area contributed by atoms with Crippen LogP contribution >= 0.6 is 15.9 Å². The van der Waals surface area contributed by atoms with E-state index in [1.807, 2.05) is 0 Å². The first kappa shape index (κ1) is 21.1. The predicted octanol–water partition coefficient (Wildman–Crippen LogP) is 3.42. The third-order valence-electron chi connectivity index (χ3n) is 2.94. The van der Waals surface area contributed by atoms with Crippen molar-refractivity contribution in [2.24, 2.45) is 0 Å². The Balaban J connectivity index is 2.48. The van der Waals surface area contributed by atoms with Crippen LogP contribution in [0.5, 0.6) is 11.5 Å². The van der Waals surface area contributed by atoms with Crippen LogP contribution in [-0.4, -0.2) is 38.4 Å². The van der Waals surface area contributed by atoms with E-state index in [9.17, 15) is 9.59 Å². The van der Waals surface area contributed by atoms with Crippen LogP contribution in [0.3, 0.4) is 0 Å². The molecule has 1 aromatic carbocycles. The lowest BCUT2D eigenvalue weighted by molar-refractivity contribution is -0.144. The number of carbonyl (C=O) groups is 2. The van der Waals surface area contributed by atoms with Crippen LogP contribution in [-0.2, 0) is 20.9 Å². The zero-order chi connectivity index (χ0) is 19.0. The Morgan fingerprint density at radius 3 is 2.32 bits per heavy atom. The normalized spacial score (nSPS) is 10.8. The van der Waals surface area contributed by atoms with Crippen LogP contribution in [0.25, 0.3) is 0 Å². The van der Waals surface area contributed by atoms with E-state index in [0.29, 0.717) is 17.1 Å². The zero-order valence-corrected chi connectivity index (χ0v) is 16.7. The SMILES string of the molecule is COc1cc(COC(=O)CCNC(=O)OC(C)(C)C)c(OC)cc1Br. The topological polar surface area (TPSA) is 83.1 Å². The average molecular weight is 418 g/mol. The van der Waals surface area contributed by atoms with Crippen molar-refractivity contribution in [1.29, 1.82) is 0 Å². The smallest absolute Gasteiger partial charge is 0.407 e. The van der Waals surface area contributed by atoms with E-state index in [1.165, 1.54) is 7.11 Å². The van der Waals surface area contributed by atoms with Gasteiger partial charge in [-0.1, -0.05) is 0 Å². The van der Waals surface area contributed by atoms with Gasteiger partial charge in [0.25, 0.3) is 0 Å². The molecule has 0 aliphatic carbocycles. The molecule has 1 aromatic rings. The highest BCUT2D eigenvalue weighted by Gasteiger charge is 2.16. The van der Waals surface area contributed by atoms with Crippen molar-refractivity contribution < 1.29 is 28.5 Å². The molecular weight excluding hydrogens is 394 g/mol. The first-order valence-corrected chi connectivity index (χ1v) is 8.48. The fraction of sp³-hybridized carbons (Fsp3) is 0.529. The van der Waals surface area contributed by atoms with Gasteiger partial charge in [-0.2, -0.15) is 0 Å². The second-order valence-electron chi connectivity index (χ2n) is 6.14. The maximum absolute atomic E-state index is 11.8. The van der Waals surface area contributed by atoms with Crippen LogP contribution in [0.1, 0.15) is 32.8 Å². The highest BCUT2D eigenvalue weighted by Crippen LogP contribution is 2.33. The summed E-state index contributed by atoms with van der Waals surface area (Å²) in [6, 6.07) is 3.47. The molecule has 0 fully saturated rings. The van der Waals surface area contributed by atoms with E-state index >= 15 is 0 Å². The van der Waals surface area contributed by atoms with Gasteiger partial charge in [0.05, 0.1) is 25.1 Å². The van der Waals surface area contributed by atoms with E-state index in [4.69, 9.17) is 18.9 Å². The summed E-state index contributed by atoms with van der Waals surface area (Å²) < 4.78 is 21.5. The molecule has 7 nitrogen and oxygen atoms in total. The van der Waals surface area contributed by atoms with E-state index < -0.39 is 17.7 Å². The second-order valence-corrected chi connectivity index (χ2v) is 6.99. The van der Waals surface area contributed by atoms with E-state index in [2.05, 4.69) is 21.2 Å². The first-order chi connectivity index (χ1) is 11.7. The Bertz CT molecular complexity index is 612. The third kappa shape index (κ3) is 7.64. The molecule has 0 aromatic heterocycles. The fourth-order valence-electron chi connectivity index (χ4n) is 1.85. The second kappa shape index (κ2) is 9.50. The van der Waals surface area contributed by atoms with Crippen molar-refractivity contribution in [3.8, 4) is 11.5 Å². The number of rotatable bonds is 7. The molecule has 25 heavy (non-hydrogen) atoms. The van der Waals surface area contributed by atoms with Crippen molar-refractivity contribution in [3.63, 3.8) is 0 Å². The summed E-state index contributed by atoms with van der Waals surface area (Å²) in [5.74, 6) is 0.741. The molecule has 0 bridgehead atoms. The Kier molecular flexibility index (Phi) is 8.02. The Morgan fingerprint density at radius 1 is 1.12 bits per heavy atom.